The minimum Gasteiger partial charge on any atom is -0.493 e. The third-order valence-corrected chi connectivity index (χ3v) is 8.61. The lowest BCUT2D eigenvalue weighted by molar-refractivity contribution is 0.162. The molecule has 7 rings (SSSR count). The Morgan fingerprint density at radius 1 is 0.841 bits per heavy atom. The van der Waals surface area contributed by atoms with Gasteiger partial charge in [-0.25, -0.2) is 4.79 Å². The lowest BCUT2D eigenvalue weighted by Gasteiger charge is -2.39. The quantitative estimate of drug-likeness (QED) is 0.217. The third kappa shape index (κ3) is 4.45. The standard InChI is InChI=1S/C38H33NO5/c1-4-43-37(40)39-27-15-10-14-26(21-27)38(25-12-6-5-7-13-25)20-19-30-32-23-34(42-3)33(41-2)22-31(32)29-18-17-24-11-8-9-16-28(24)35(29)36(30)44-38/h5-16,19-23H,4,17-18H2,1-3H3,(H,39,40). The van der Waals surface area contributed by atoms with Gasteiger partial charge in [0.25, 0.3) is 0 Å². The Balaban J connectivity index is 1.50. The summed E-state index contributed by atoms with van der Waals surface area (Å²) in [5.74, 6) is 2.19. The van der Waals surface area contributed by atoms with Crippen molar-refractivity contribution in [1.29, 1.82) is 0 Å². The van der Waals surface area contributed by atoms with Gasteiger partial charge in [0.2, 0.25) is 0 Å². The van der Waals surface area contributed by atoms with Crippen LogP contribution in [0.3, 0.4) is 0 Å². The van der Waals surface area contributed by atoms with Crippen LogP contribution in [-0.2, 0) is 23.2 Å². The maximum Gasteiger partial charge on any atom is 0.411 e. The number of nitrogens with one attached hydrogen (secondary N) is 1. The van der Waals surface area contributed by atoms with Gasteiger partial charge < -0.3 is 18.9 Å². The Hall–Kier alpha value is -5.23. The molecule has 220 valence electrons. The van der Waals surface area contributed by atoms with Crippen molar-refractivity contribution in [3.8, 4) is 28.4 Å². The highest BCUT2D eigenvalue weighted by molar-refractivity contribution is 6.05. The van der Waals surface area contributed by atoms with Crippen molar-refractivity contribution in [2.24, 2.45) is 0 Å². The van der Waals surface area contributed by atoms with E-state index in [9.17, 15) is 4.79 Å². The van der Waals surface area contributed by atoms with Gasteiger partial charge in [0.1, 0.15) is 5.75 Å². The lowest BCUT2D eigenvalue weighted by Crippen LogP contribution is -2.35. The fourth-order valence-electron chi connectivity index (χ4n) is 6.61. The molecule has 1 N–H and O–H groups in total. The molecule has 6 nitrogen and oxygen atoms in total. The molecule has 2 aliphatic rings. The number of rotatable bonds is 6. The highest BCUT2D eigenvalue weighted by Crippen LogP contribution is 2.53. The van der Waals surface area contributed by atoms with Crippen molar-refractivity contribution in [2.45, 2.75) is 25.4 Å². The van der Waals surface area contributed by atoms with Crippen molar-refractivity contribution in [2.75, 3.05) is 26.1 Å². The first-order valence-corrected chi connectivity index (χ1v) is 14.9. The summed E-state index contributed by atoms with van der Waals surface area (Å²) in [5, 5.41) is 5.03. The molecule has 0 saturated heterocycles. The first-order chi connectivity index (χ1) is 21.6. The zero-order chi connectivity index (χ0) is 30.3. The van der Waals surface area contributed by atoms with E-state index in [1.54, 1.807) is 21.1 Å². The predicted octanol–water partition coefficient (Wildman–Crippen LogP) is 8.54. The molecule has 0 spiro atoms. The summed E-state index contributed by atoms with van der Waals surface area (Å²) in [6.45, 7) is 2.08. The average Bonchev–Trinajstić information content (AvgIpc) is 3.07. The van der Waals surface area contributed by atoms with Crippen LogP contribution >= 0.6 is 0 Å². The summed E-state index contributed by atoms with van der Waals surface area (Å²) in [6.07, 6.45) is 5.60. The maximum absolute atomic E-state index is 12.3. The molecule has 1 aliphatic carbocycles. The van der Waals surface area contributed by atoms with E-state index in [1.165, 1.54) is 16.7 Å². The highest BCUT2D eigenvalue weighted by Gasteiger charge is 2.40. The van der Waals surface area contributed by atoms with E-state index in [0.29, 0.717) is 23.8 Å². The van der Waals surface area contributed by atoms with Crippen LogP contribution in [0.2, 0.25) is 0 Å². The molecular weight excluding hydrogens is 550 g/mol. The fourth-order valence-corrected chi connectivity index (χ4v) is 6.61. The van der Waals surface area contributed by atoms with Gasteiger partial charge in [0.05, 0.1) is 20.8 Å². The number of hydrogen-bond donors (Lipinski definition) is 1. The molecule has 1 unspecified atom stereocenters. The van der Waals surface area contributed by atoms with Gasteiger partial charge >= 0.3 is 6.09 Å². The molecule has 1 aliphatic heterocycles. The summed E-state index contributed by atoms with van der Waals surface area (Å²) >= 11 is 0. The predicted molar refractivity (Wildman–Crippen MR) is 174 cm³/mol. The number of ether oxygens (including phenoxy) is 4. The summed E-state index contributed by atoms with van der Waals surface area (Å²) in [5.41, 5.74) is 7.31. The SMILES string of the molecule is CCOC(=O)Nc1cccc(C2(c3ccccc3)C=Cc3c(c4c(c5cc(OC)c(OC)cc35)CCc3ccccc3-4)O2)c1. The number of carbonyl (C=O) groups is 1. The van der Waals surface area contributed by atoms with Crippen LogP contribution in [0.1, 0.15) is 34.7 Å². The fraction of sp³-hybridized carbons (Fsp3) is 0.184. The Morgan fingerprint density at radius 3 is 2.34 bits per heavy atom. The van der Waals surface area contributed by atoms with E-state index in [1.807, 2.05) is 42.5 Å². The Bertz CT molecular complexity index is 1930. The molecule has 5 aromatic carbocycles. The largest absolute Gasteiger partial charge is 0.493 e. The summed E-state index contributed by atoms with van der Waals surface area (Å²) in [7, 11) is 3.33. The molecule has 1 heterocycles. The number of methoxy groups -OCH3 is 2. The van der Waals surface area contributed by atoms with Crippen LogP contribution in [-0.4, -0.2) is 26.9 Å². The number of amides is 1. The first kappa shape index (κ1) is 27.6. The molecule has 1 atom stereocenters. The Kier molecular flexibility index (Phi) is 6.97. The van der Waals surface area contributed by atoms with Gasteiger partial charge in [-0.15, -0.1) is 0 Å². The van der Waals surface area contributed by atoms with Crippen molar-refractivity contribution in [3.05, 3.63) is 125 Å². The lowest BCUT2D eigenvalue weighted by atomic mass is 9.78. The second kappa shape index (κ2) is 11.1. The summed E-state index contributed by atoms with van der Waals surface area (Å²) in [6, 6.07) is 30.7. The molecule has 44 heavy (non-hydrogen) atoms. The smallest absolute Gasteiger partial charge is 0.411 e. The van der Waals surface area contributed by atoms with Crippen LogP contribution < -0.4 is 19.5 Å². The minimum atomic E-state index is -0.967. The monoisotopic (exact) mass is 583 g/mol. The molecule has 5 aromatic rings. The molecule has 0 saturated carbocycles. The Morgan fingerprint density at radius 2 is 1.57 bits per heavy atom. The van der Waals surface area contributed by atoms with E-state index in [0.717, 1.165) is 51.6 Å². The van der Waals surface area contributed by atoms with Gasteiger partial charge in [0.15, 0.2) is 17.1 Å². The first-order valence-electron chi connectivity index (χ1n) is 14.9. The van der Waals surface area contributed by atoms with E-state index < -0.39 is 11.7 Å². The second-order valence-corrected chi connectivity index (χ2v) is 11.0. The van der Waals surface area contributed by atoms with Gasteiger partial charge in [0, 0.05) is 27.9 Å². The van der Waals surface area contributed by atoms with Gasteiger partial charge in [-0.1, -0.05) is 66.7 Å². The molecule has 0 radical (unpaired) electrons. The van der Waals surface area contributed by atoms with E-state index in [-0.39, 0.29) is 0 Å². The van der Waals surface area contributed by atoms with Crippen LogP contribution in [0.4, 0.5) is 10.5 Å². The topological polar surface area (TPSA) is 66.0 Å². The van der Waals surface area contributed by atoms with Crippen LogP contribution in [0.5, 0.6) is 17.2 Å². The Labute approximate surface area is 256 Å². The molecule has 0 bridgehead atoms. The average molecular weight is 584 g/mol. The van der Waals surface area contributed by atoms with Crippen LogP contribution in [0.15, 0.2) is 97.1 Å². The van der Waals surface area contributed by atoms with Crippen molar-refractivity contribution < 1.29 is 23.7 Å². The third-order valence-electron chi connectivity index (χ3n) is 8.61. The number of fused-ring (bicyclic) bond motifs is 8. The highest BCUT2D eigenvalue weighted by atomic mass is 16.5. The number of aryl methyl sites for hydroxylation is 2. The maximum atomic E-state index is 12.3. The van der Waals surface area contributed by atoms with Gasteiger partial charge in [-0.05, 0) is 83.6 Å². The molecular formula is C38H33NO5. The zero-order valence-electron chi connectivity index (χ0n) is 25.0. The van der Waals surface area contributed by atoms with Crippen LogP contribution in [0.25, 0.3) is 28.0 Å². The van der Waals surface area contributed by atoms with Gasteiger partial charge in [-0.3, -0.25) is 5.32 Å². The molecule has 1 amide bonds. The molecule has 6 heteroatoms. The van der Waals surface area contributed by atoms with Crippen molar-refractivity contribution in [3.63, 3.8) is 0 Å². The number of anilines is 1. The minimum absolute atomic E-state index is 0.291. The molecule has 0 aromatic heterocycles. The summed E-state index contributed by atoms with van der Waals surface area (Å²) < 4.78 is 24.0. The van der Waals surface area contributed by atoms with Crippen LogP contribution in [0, 0.1) is 0 Å². The normalized spacial score (nSPS) is 16.2. The number of benzene rings is 5. The number of carbonyl (C=O) groups excluding carboxylic acids is 1. The molecule has 0 fully saturated rings. The van der Waals surface area contributed by atoms with Gasteiger partial charge in [-0.2, -0.15) is 0 Å². The van der Waals surface area contributed by atoms with Crippen molar-refractivity contribution in [1.82, 2.24) is 0 Å². The van der Waals surface area contributed by atoms with E-state index in [2.05, 4.69) is 66.0 Å². The van der Waals surface area contributed by atoms with Crippen molar-refractivity contribution >= 4 is 28.6 Å². The number of hydrogen-bond acceptors (Lipinski definition) is 5. The zero-order valence-corrected chi connectivity index (χ0v) is 25.0. The second-order valence-electron chi connectivity index (χ2n) is 11.0. The van der Waals surface area contributed by atoms with E-state index in [4.69, 9.17) is 18.9 Å². The van der Waals surface area contributed by atoms with E-state index >= 15 is 0 Å². The summed E-state index contributed by atoms with van der Waals surface area (Å²) in [4.78, 5) is 12.3.